The van der Waals surface area contributed by atoms with E-state index in [4.69, 9.17) is 0 Å². The molecule has 28 heavy (non-hydrogen) atoms. The van der Waals surface area contributed by atoms with Crippen molar-refractivity contribution in [2.45, 2.75) is 13.8 Å². The standard InChI is InChI=1S/C21H18N4O3/c1-12-3-6-15-16(9-12)21(28)25(20(15)27)11-18(26)24-17-10-14(5-4-13(17)2)19-22-7-8-23-19/h3-10H,11H2,1-2H3,(H,22,23)(H,24,26). The van der Waals surface area contributed by atoms with Crippen LogP contribution in [0.2, 0.25) is 0 Å². The second-order valence-corrected chi connectivity index (χ2v) is 6.76. The van der Waals surface area contributed by atoms with Gasteiger partial charge in [-0.2, -0.15) is 0 Å². The molecule has 3 amide bonds. The number of benzene rings is 2. The maximum Gasteiger partial charge on any atom is 0.262 e. The summed E-state index contributed by atoms with van der Waals surface area (Å²) in [5.41, 5.74) is 3.85. The highest BCUT2D eigenvalue weighted by atomic mass is 16.2. The Morgan fingerprint density at radius 1 is 1.07 bits per heavy atom. The van der Waals surface area contributed by atoms with Gasteiger partial charge in [0.05, 0.1) is 11.1 Å². The van der Waals surface area contributed by atoms with Crippen LogP contribution in [0.3, 0.4) is 0 Å². The zero-order valence-electron chi connectivity index (χ0n) is 15.4. The highest BCUT2D eigenvalue weighted by Gasteiger charge is 2.36. The number of rotatable bonds is 4. The molecule has 2 N–H and O–H groups in total. The number of imidazole rings is 1. The molecule has 2 heterocycles. The van der Waals surface area contributed by atoms with Crippen molar-refractivity contribution in [2.75, 3.05) is 11.9 Å². The number of aryl methyl sites for hydroxylation is 2. The minimum absolute atomic E-state index is 0.333. The van der Waals surface area contributed by atoms with Crippen LogP contribution >= 0.6 is 0 Å². The lowest BCUT2D eigenvalue weighted by atomic mass is 10.1. The molecular weight excluding hydrogens is 356 g/mol. The Labute approximate surface area is 161 Å². The van der Waals surface area contributed by atoms with E-state index in [-0.39, 0.29) is 6.54 Å². The van der Waals surface area contributed by atoms with E-state index < -0.39 is 17.7 Å². The van der Waals surface area contributed by atoms with E-state index in [0.717, 1.165) is 21.6 Å². The van der Waals surface area contributed by atoms with Crippen LogP contribution in [0.15, 0.2) is 48.8 Å². The summed E-state index contributed by atoms with van der Waals surface area (Å²) >= 11 is 0. The Kier molecular flexibility index (Phi) is 4.27. The molecule has 0 atom stereocenters. The van der Waals surface area contributed by atoms with Crippen LogP contribution in [0.1, 0.15) is 31.8 Å². The lowest BCUT2D eigenvalue weighted by molar-refractivity contribution is -0.116. The number of H-pyrrole nitrogens is 1. The number of amides is 3. The Balaban J connectivity index is 1.52. The molecule has 0 unspecified atom stereocenters. The molecule has 1 aliphatic rings. The molecule has 0 spiro atoms. The van der Waals surface area contributed by atoms with E-state index in [1.807, 2.05) is 26.0 Å². The van der Waals surface area contributed by atoms with E-state index in [1.165, 1.54) is 0 Å². The van der Waals surface area contributed by atoms with Gasteiger partial charge in [0.2, 0.25) is 5.91 Å². The zero-order valence-corrected chi connectivity index (χ0v) is 15.4. The molecule has 2 aromatic carbocycles. The fraction of sp³-hybridized carbons (Fsp3) is 0.143. The third-order valence-corrected chi connectivity index (χ3v) is 4.71. The molecule has 0 aliphatic carbocycles. The summed E-state index contributed by atoms with van der Waals surface area (Å²) in [6.45, 7) is 3.38. The van der Waals surface area contributed by atoms with Crippen LogP contribution in [0.5, 0.6) is 0 Å². The molecule has 0 fully saturated rings. The van der Waals surface area contributed by atoms with Gasteiger partial charge in [0.25, 0.3) is 11.8 Å². The number of anilines is 1. The predicted octanol–water partition coefficient (Wildman–Crippen LogP) is 2.93. The molecular formula is C21H18N4O3. The quantitative estimate of drug-likeness (QED) is 0.687. The summed E-state index contributed by atoms with van der Waals surface area (Å²) in [4.78, 5) is 45.8. The third-order valence-electron chi connectivity index (χ3n) is 4.71. The first kappa shape index (κ1) is 17.7. The summed E-state index contributed by atoms with van der Waals surface area (Å²) in [5.74, 6) is -0.645. The van der Waals surface area contributed by atoms with Crippen LogP contribution in [0.4, 0.5) is 5.69 Å². The van der Waals surface area contributed by atoms with E-state index >= 15 is 0 Å². The molecule has 7 heteroatoms. The van der Waals surface area contributed by atoms with Crippen LogP contribution in [0.25, 0.3) is 11.4 Å². The number of aromatic amines is 1. The normalized spacial score (nSPS) is 13.0. The average molecular weight is 374 g/mol. The van der Waals surface area contributed by atoms with Crippen molar-refractivity contribution in [3.63, 3.8) is 0 Å². The van der Waals surface area contributed by atoms with E-state index in [0.29, 0.717) is 22.6 Å². The Morgan fingerprint density at radius 2 is 1.86 bits per heavy atom. The minimum atomic E-state index is -0.448. The first-order chi connectivity index (χ1) is 13.4. The molecule has 1 aliphatic heterocycles. The Morgan fingerprint density at radius 3 is 2.61 bits per heavy atom. The first-order valence-electron chi connectivity index (χ1n) is 8.81. The lowest BCUT2D eigenvalue weighted by Crippen LogP contribution is -2.37. The number of hydrogen-bond donors (Lipinski definition) is 2. The predicted molar refractivity (Wildman–Crippen MR) is 104 cm³/mol. The first-order valence-corrected chi connectivity index (χ1v) is 8.81. The van der Waals surface area contributed by atoms with Gasteiger partial charge in [-0.3, -0.25) is 19.3 Å². The van der Waals surface area contributed by atoms with Crippen molar-refractivity contribution in [1.29, 1.82) is 0 Å². The highest BCUT2D eigenvalue weighted by Crippen LogP contribution is 2.25. The molecule has 3 aromatic rings. The lowest BCUT2D eigenvalue weighted by Gasteiger charge is -2.15. The topological polar surface area (TPSA) is 95.2 Å². The summed E-state index contributed by atoms with van der Waals surface area (Å²) in [6.07, 6.45) is 3.37. The van der Waals surface area contributed by atoms with Crippen molar-refractivity contribution in [3.8, 4) is 11.4 Å². The summed E-state index contributed by atoms with van der Waals surface area (Å²) in [5, 5.41) is 2.79. The van der Waals surface area contributed by atoms with Crippen molar-refractivity contribution in [1.82, 2.24) is 14.9 Å². The minimum Gasteiger partial charge on any atom is -0.345 e. The number of fused-ring (bicyclic) bond motifs is 1. The second kappa shape index (κ2) is 6.77. The molecule has 7 nitrogen and oxygen atoms in total. The van der Waals surface area contributed by atoms with Gasteiger partial charge in [0.1, 0.15) is 12.4 Å². The number of nitrogens with zero attached hydrogens (tertiary/aromatic N) is 2. The summed E-state index contributed by atoms with van der Waals surface area (Å²) in [6, 6.07) is 10.6. The number of imide groups is 1. The molecule has 0 saturated heterocycles. The Bertz CT molecular complexity index is 1100. The Hall–Kier alpha value is -3.74. The zero-order chi connectivity index (χ0) is 19.8. The van der Waals surface area contributed by atoms with Gasteiger partial charge < -0.3 is 10.3 Å². The van der Waals surface area contributed by atoms with Gasteiger partial charge in [0.15, 0.2) is 0 Å². The molecule has 0 saturated carbocycles. The van der Waals surface area contributed by atoms with Crippen LogP contribution in [-0.2, 0) is 4.79 Å². The van der Waals surface area contributed by atoms with Gasteiger partial charge in [-0.1, -0.05) is 23.8 Å². The van der Waals surface area contributed by atoms with E-state index in [1.54, 1.807) is 36.7 Å². The largest absolute Gasteiger partial charge is 0.345 e. The monoisotopic (exact) mass is 374 g/mol. The van der Waals surface area contributed by atoms with Crippen LogP contribution < -0.4 is 5.32 Å². The summed E-state index contributed by atoms with van der Waals surface area (Å²) < 4.78 is 0. The fourth-order valence-corrected chi connectivity index (χ4v) is 3.21. The maximum atomic E-state index is 12.5. The molecule has 140 valence electrons. The smallest absolute Gasteiger partial charge is 0.262 e. The number of carbonyl (C=O) groups is 3. The van der Waals surface area contributed by atoms with Crippen molar-refractivity contribution < 1.29 is 14.4 Å². The van der Waals surface area contributed by atoms with Gasteiger partial charge in [0, 0.05) is 23.6 Å². The van der Waals surface area contributed by atoms with Crippen LogP contribution in [-0.4, -0.2) is 39.1 Å². The molecule has 0 bridgehead atoms. The SMILES string of the molecule is Cc1ccc2c(c1)C(=O)N(CC(=O)Nc1cc(-c3ncc[nH]3)ccc1C)C2=O. The molecule has 0 radical (unpaired) electrons. The number of nitrogens with one attached hydrogen (secondary N) is 2. The van der Waals surface area contributed by atoms with Gasteiger partial charge in [-0.25, -0.2) is 4.98 Å². The number of aromatic nitrogens is 2. The molecule has 1 aromatic heterocycles. The summed E-state index contributed by atoms with van der Waals surface area (Å²) in [7, 11) is 0. The molecule has 4 rings (SSSR count). The van der Waals surface area contributed by atoms with Gasteiger partial charge in [-0.05, 0) is 37.6 Å². The second-order valence-electron chi connectivity index (χ2n) is 6.76. The highest BCUT2D eigenvalue weighted by molar-refractivity contribution is 6.22. The fourth-order valence-electron chi connectivity index (χ4n) is 3.21. The van der Waals surface area contributed by atoms with Crippen molar-refractivity contribution >= 4 is 23.4 Å². The van der Waals surface area contributed by atoms with E-state index in [2.05, 4.69) is 15.3 Å². The maximum absolute atomic E-state index is 12.5. The van der Waals surface area contributed by atoms with Gasteiger partial charge in [-0.15, -0.1) is 0 Å². The van der Waals surface area contributed by atoms with E-state index in [9.17, 15) is 14.4 Å². The van der Waals surface area contributed by atoms with Crippen LogP contribution in [0, 0.1) is 13.8 Å². The van der Waals surface area contributed by atoms with Crippen molar-refractivity contribution in [2.24, 2.45) is 0 Å². The number of carbonyl (C=O) groups excluding carboxylic acids is 3. The third kappa shape index (κ3) is 3.07. The van der Waals surface area contributed by atoms with Crippen molar-refractivity contribution in [3.05, 3.63) is 71.0 Å². The average Bonchev–Trinajstić information content (AvgIpc) is 3.28. The number of hydrogen-bond acceptors (Lipinski definition) is 4. The van der Waals surface area contributed by atoms with Gasteiger partial charge >= 0.3 is 0 Å².